The Bertz CT molecular complexity index is 920. The number of hydrogen-bond donors (Lipinski definition) is 2. The normalized spacial score (nSPS) is 11.5. The van der Waals surface area contributed by atoms with Gasteiger partial charge in [-0.1, -0.05) is 53.0 Å². The Kier molecular flexibility index (Phi) is 6.14. The summed E-state index contributed by atoms with van der Waals surface area (Å²) in [6.07, 6.45) is 1.92. The zero-order chi connectivity index (χ0) is 18.5. The van der Waals surface area contributed by atoms with Gasteiger partial charge in [-0.3, -0.25) is 0 Å². The highest BCUT2D eigenvalue weighted by Crippen LogP contribution is 2.27. The van der Waals surface area contributed by atoms with E-state index in [0.29, 0.717) is 21.0 Å². The maximum Gasteiger partial charge on any atom is 0.207 e. The maximum absolute atomic E-state index is 6.03. The van der Waals surface area contributed by atoms with Gasteiger partial charge in [-0.15, -0.1) is 0 Å². The molecule has 2 N–H and O–H groups in total. The first-order chi connectivity index (χ1) is 12.5. The first kappa shape index (κ1) is 18.7. The minimum absolute atomic E-state index is 0.498. The molecule has 2 aromatic carbocycles. The fourth-order valence-electron chi connectivity index (χ4n) is 2.23. The van der Waals surface area contributed by atoms with Crippen molar-refractivity contribution in [3.8, 4) is 0 Å². The van der Waals surface area contributed by atoms with Crippen molar-refractivity contribution in [2.75, 3.05) is 5.32 Å². The lowest BCUT2D eigenvalue weighted by atomic mass is 10.1. The number of anilines is 2. The molecule has 1 aromatic heterocycles. The van der Waals surface area contributed by atoms with E-state index in [9.17, 15) is 0 Å². The van der Waals surface area contributed by atoms with Gasteiger partial charge in [-0.25, -0.2) is 0 Å². The van der Waals surface area contributed by atoms with E-state index < -0.39 is 0 Å². The van der Waals surface area contributed by atoms with Crippen LogP contribution in [0.3, 0.4) is 0 Å². The van der Waals surface area contributed by atoms with E-state index in [0.717, 1.165) is 17.9 Å². The second-order valence-corrected chi connectivity index (χ2v) is 7.44. The molecule has 0 aliphatic rings. The van der Waals surface area contributed by atoms with Crippen LogP contribution in [0, 0.1) is 6.92 Å². The Hall–Kier alpha value is -2.08. The van der Waals surface area contributed by atoms with E-state index in [4.69, 9.17) is 23.2 Å². The van der Waals surface area contributed by atoms with E-state index in [1.165, 1.54) is 22.7 Å². The van der Waals surface area contributed by atoms with Crippen molar-refractivity contribution in [2.45, 2.75) is 20.4 Å². The Balaban J connectivity index is 1.60. The molecule has 0 radical (unpaired) electrons. The molecule has 0 bridgehead atoms. The molecule has 0 atom stereocenters. The van der Waals surface area contributed by atoms with E-state index in [-0.39, 0.29) is 0 Å². The standard InChI is InChI=1S/C19H18Cl2N4S/c1-12-3-5-14(6-4-12)11-22-13(2)9-18-24-19(26-25-18)23-15-7-8-16(20)17(21)10-15/h3-10,22H,11H2,1-2H3,(H,23,24,25). The molecule has 0 saturated heterocycles. The fourth-order valence-corrected chi connectivity index (χ4v) is 3.10. The van der Waals surface area contributed by atoms with Gasteiger partial charge in [0.1, 0.15) is 0 Å². The third-order valence-electron chi connectivity index (χ3n) is 3.65. The fraction of sp³-hybridized carbons (Fsp3) is 0.158. The molecule has 1 heterocycles. The summed E-state index contributed by atoms with van der Waals surface area (Å²) in [5, 5.41) is 8.27. The predicted molar refractivity (Wildman–Crippen MR) is 111 cm³/mol. The van der Waals surface area contributed by atoms with Gasteiger partial charge < -0.3 is 10.6 Å². The second kappa shape index (κ2) is 8.54. The Labute approximate surface area is 167 Å². The number of aryl methyl sites for hydroxylation is 1. The zero-order valence-electron chi connectivity index (χ0n) is 14.4. The van der Waals surface area contributed by atoms with Gasteiger partial charge in [0.15, 0.2) is 5.82 Å². The van der Waals surface area contributed by atoms with Gasteiger partial charge in [0.05, 0.1) is 10.0 Å². The molecule has 0 fully saturated rings. The van der Waals surface area contributed by atoms with E-state index in [1.807, 2.05) is 19.1 Å². The van der Waals surface area contributed by atoms with Crippen molar-refractivity contribution in [1.82, 2.24) is 14.7 Å². The monoisotopic (exact) mass is 404 g/mol. The van der Waals surface area contributed by atoms with Gasteiger partial charge >= 0.3 is 0 Å². The van der Waals surface area contributed by atoms with Gasteiger partial charge in [-0.2, -0.15) is 9.36 Å². The van der Waals surface area contributed by atoms with Crippen LogP contribution < -0.4 is 10.6 Å². The highest BCUT2D eigenvalue weighted by molar-refractivity contribution is 7.09. The first-order valence-corrected chi connectivity index (χ1v) is 9.56. The molecule has 0 aliphatic carbocycles. The van der Waals surface area contributed by atoms with Crippen molar-refractivity contribution in [2.24, 2.45) is 0 Å². The van der Waals surface area contributed by atoms with Crippen LogP contribution >= 0.6 is 34.7 Å². The highest BCUT2D eigenvalue weighted by atomic mass is 35.5. The van der Waals surface area contributed by atoms with Crippen molar-refractivity contribution in [3.63, 3.8) is 0 Å². The molecule has 4 nitrogen and oxygen atoms in total. The van der Waals surface area contributed by atoms with Crippen molar-refractivity contribution >= 4 is 51.6 Å². The average molecular weight is 405 g/mol. The zero-order valence-corrected chi connectivity index (χ0v) is 16.7. The molecule has 134 valence electrons. The summed E-state index contributed by atoms with van der Waals surface area (Å²) in [6.45, 7) is 4.85. The van der Waals surface area contributed by atoms with Crippen molar-refractivity contribution in [1.29, 1.82) is 0 Å². The van der Waals surface area contributed by atoms with Crippen molar-refractivity contribution < 1.29 is 0 Å². The number of allylic oxidation sites excluding steroid dienone is 1. The number of rotatable bonds is 6. The van der Waals surface area contributed by atoms with Crippen LogP contribution in [0.5, 0.6) is 0 Å². The summed E-state index contributed by atoms with van der Waals surface area (Å²) in [7, 11) is 0. The third-order valence-corrected chi connectivity index (χ3v) is 5.03. The molecule has 0 amide bonds. The summed E-state index contributed by atoms with van der Waals surface area (Å²) < 4.78 is 4.35. The number of benzene rings is 2. The molecule has 3 rings (SSSR count). The lowest BCUT2D eigenvalue weighted by Crippen LogP contribution is -2.10. The van der Waals surface area contributed by atoms with Crippen LogP contribution in [0.15, 0.2) is 48.2 Å². The van der Waals surface area contributed by atoms with Gasteiger partial charge in [-0.05, 0) is 37.6 Å². The van der Waals surface area contributed by atoms with Crippen LogP contribution in [0.1, 0.15) is 23.9 Å². The maximum atomic E-state index is 6.03. The Morgan fingerprint density at radius 2 is 1.88 bits per heavy atom. The van der Waals surface area contributed by atoms with Crippen LogP contribution in [0.25, 0.3) is 6.08 Å². The number of nitrogens with one attached hydrogen (secondary N) is 2. The van der Waals surface area contributed by atoms with E-state index in [1.54, 1.807) is 12.1 Å². The molecule has 0 spiro atoms. The lowest BCUT2D eigenvalue weighted by Gasteiger charge is -2.06. The molecule has 0 unspecified atom stereocenters. The summed E-state index contributed by atoms with van der Waals surface area (Å²) >= 11 is 13.2. The van der Waals surface area contributed by atoms with Gasteiger partial charge in [0.25, 0.3) is 0 Å². The minimum Gasteiger partial charge on any atom is -0.384 e. The van der Waals surface area contributed by atoms with Crippen LogP contribution in [0.2, 0.25) is 10.0 Å². The highest BCUT2D eigenvalue weighted by Gasteiger charge is 2.05. The molecule has 0 saturated carbocycles. The Morgan fingerprint density at radius 3 is 2.62 bits per heavy atom. The van der Waals surface area contributed by atoms with Gasteiger partial charge in [0.2, 0.25) is 5.13 Å². The minimum atomic E-state index is 0.498. The summed E-state index contributed by atoms with van der Waals surface area (Å²) in [4.78, 5) is 4.47. The topological polar surface area (TPSA) is 49.8 Å². The van der Waals surface area contributed by atoms with Crippen LogP contribution in [-0.2, 0) is 6.54 Å². The first-order valence-electron chi connectivity index (χ1n) is 8.03. The lowest BCUT2D eigenvalue weighted by molar-refractivity contribution is 0.817. The van der Waals surface area contributed by atoms with Crippen molar-refractivity contribution in [3.05, 3.63) is 75.2 Å². The van der Waals surface area contributed by atoms with Crippen LogP contribution in [0.4, 0.5) is 10.8 Å². The summed E-state index contributed by atoms with van der Waals surface area (Å²) in [6, 6.07) is 13.8. The quantitative estimate of drug-likeness (QED) is 0.524. The summed E-state index contributed by atoms with van der Waals surface area (Å²) in [5.41, 5.74) is 4.32. The van der Waals surface area contributed by atoms with Crippen LogP contribution in [-0.4, -0.2) is 9.36 Å². The molecule has 0 aliphatic heterocycles. The molecule has 7 heteroatoms. The number of halogens is 2. The van der Waals surface area contributed by atoms with Gasteiger partial charge in [0, 0.05) is 35.5 Å². The van der Waals surface area contributed by atoms with E-state index >= 15 is 0 Å². The predicted octanol–water partition coefficient (Wildman–Crippen LogP) is 6.05. The number of hydrogen-bond acceptors (Lipinski definition) is 5. The smallest absolute Gasteiger partial charge is 0.207 e. The largest absolute Gasteiger partial charge is 0.384 e. The molecular weight excluding hydrogens is 387 g/mol. The molecule has 26 heavy (non-hydrogen) atoms. The molecular formula is C19H18Cl2N4S. The molecule has 3 aromatic rings. The average Bonchev–Trinajstić information content (AvgIpc) is 3.04. The SMILES string of the molecule is CC(=Cc1nsc(Nc2ccc(Cl)c(Cl)c2)n1)NCc1ccc(C)cc1. The third kappa shape index (κ3) is 5.21. The number of nitrogens with zero attached hydrogens (tertiary/aromatic N) is 2. The van der Waals surface area contributed by atoms with E-state index in [2.05, 4.69) is 51.2 Å². The Morgan fingerprint density at radius 1 is 1.12 bits per heavy atom. The second-order valence-electron chi connectivity index (χ2n) is 5.88. The summed E-state index contributed by atoms with van der Waals surface area (Å²) in [5.74, 6) is 0.659. The number of aromatic nitrogens is 2.